The average molecular weight is 369 g/mol. The van der Waals surface area contributed by atoms with Crippen LogP contribution >= 0.6 is 0 Å². The van der Waals surface area contributed by atoms with Gasteiger partial charge < -0.3 is 9.47 Å². The quantitative estimate of drug-likeness (QED) is 0.667. The van der Waals surface area contributed by atoms with Gasteiger partial charge in [0.15, 0.2) is 6.79 Å². The van der Waals surface area contributed by atoms with Crippen LogP contribution in [0.4, 0.5) is 4.39 Å². The van der Waals surface area contributed by atoms with Gasteiger partial charge in [0.2, 0.25) is 0 Å². The van der Waals surface area contributed by atoms with Gasteiger partial charge in [-0.05, 0) is 57.1 Å². The fourth-order valence-corrected chi connectivity index (χ4v) is 3.61. The normalized spacial score (nSPS) is 18.5. The molecule has 0 saturated carbocycles. The molecule has 1 unspecified atom stereocenters. The van der Waals surface area contributed by atoms with Crippen LogP contribution in [0.2, 0.25) is 0 Å². The number of likely N-dealkylation sites (tertiary alicyclic amines) is 1. The van der Waals surface area contributed by atoms with Crippen LogP contribution in [-0.2, 0) is 4.74 Å². The molecule has 0 aromatic heterocycles. The van der Waals surface area contributed by atoms with E-state index in [0.717, 1.165) is 29.7 Å². The number of hydrogen-bond donors (Lipinski definition) is 0. The summed E-state index contributed by atoms with van der Waals surface area (Å²) in [6.07, 6.45) is 5.68. The molecule has 2 aromatic rings. The minimum atomic E-state index is -0.221. The van der Waals surface area contributed by atoms with Crippen molar-refractivity contribution < 1.29 is 13.9 Å². The molecule has 1 atom stereocenters. The summed E-state index contributed by atoms with van der Waals surface area (Å²) in [6.45, 7) is 3.26. The van der Waals surface area contributed by atoms with Crippen molar-refractivity contribution in [1.29, 1.82) is 0 Å². The van der Waals surface area contributed by atoms with E-state index in [1.54, 1.807) is 13.2 Å². The van der Waals surface area contributed by atoms with E-state index in [4.69, 9.17) is 9.47 Å². The second-order valence-electron chi connectivity index (χ2n) is 7.15. The smallest absolute Gasteiger partial charge is 0.188 e. The number of hydrogen-bond acceptors (Lipinski definition) is 3. The first-order chi connectivity index (χ1) is 13.1. The van der Waals surface area contributed by atoms with Crippen molar-refractivity contribution in [3.8, 4) is 5.75 Å². The molecule has 3 nitrogen and oxygen atoms in total. The maximum atomic E-state index is 14.7. The number of aryl methyl sites for hydroxylation is 1. The van der Waals surface area contributed by atoms with Gasteiger partial charge in [-0.1, -0.05) is 42.3 Å². The number of piperidine rings is 1. The van der Waals surface area contributed by atoms with E-state index < -0.39 is 0 Å². The summed E-state index contributed by atoms with van der Waals surface area (Å²) in [5, 5.41) is 0. The first kappa shape index (κ1) is 19.6. The molecule has 0 aliphatic carbocycles. The monoisotopic (exact) mass is 369 g/mol. The molecule has 4 heteroatoms. The number of likely N-dealkylation sites (N-methyl/N-ethyl adjacent to an activating group) is 1. The van der Waals surface area contributed by atoms with E-state index in [-0.39, 0.29) is 18.7 Å². The van der Waals surface area contributed by atoms with Crippen molar-refractivity contribution in [3.05, 3.63) is 71.0 Å². The molecule has 3 rings (SSSR count). The van der Waals surface area contributed by atoms with Gasteiger partial charge in [0.05, 0.1) is 0 Å². The van der Waals surface area contributed by atoms with Crippen LogP contribution in [0.3, 0.4) is 0 Å². The molecule has 1 aliphatic rings. The Bertz CT molecular complexity index is 803. The maximum absolute atomic E-state index is 14.7. The lowest BCUT2D eigenvalue weighted by Gasteiger charge is -2.31. The molecule has 1 heterocycles. The largest absolute Gasteiger partial charge is 0.467 e. The summed E-state index contributed by atoms with van der Waals surface area (Å²) in [7, 11) is 3.73. The summed E-state index contributed by atoms with van der Waals surface area (Å²) in [5.41, 5.74) is 3.48. The fourth-order valence-electron chi connectivity index (χ4n) is 3.61. The molecule has 0 radical (unpaired) electrons. The highest BCUT2D eigenvalue weighted by Crippen LogP contribution is 2.35. The zero-order valence-corrected chi connectivity index (χ0v) is 16.4. The summed E-state index contributed by atoms with van der Waals surface area (Å²) in [5.74, 6) is 0.483. The van der Waals surface area contributed by atoms with Gasteiger partial charge in [-0.15, -0.1) is 0 Å². The number of rotatable bonds is 6. The van der Waals surface area contributed by atoms with E-state index >= 15 is 0 Å². The highest BCUT2D eigenvalue weighted by atomic mass is 19.1. The maximum Gasteiger partial charge on any atom is 0.188 e. The molecule has 0 spiro atoms. The second-order valence-corrected chi connectivity index (χ2v) is 7.15. The van der Waals surface area contributed by atoms with Gasteiger partial charge in [0.1, 0.15) is 11.6 Å². The third kappa shape index (κ3) is 4.76. The van der Waals surface area contributed by atoms with Crippen LogP contribution in [0.1, 0.15) is 36.0 Å². The third-order valence-electron chi connectivity index (χ3n) is 5.11. The van der Waals surface area contributed by atoms with Crippen molar-refractivity contribution in [3.63, 3.8) is 0 Å². The minimum absolute atomic E-state index is 0.157. The van der Waals surface area contributed by atoms with Crippen molar-refractivity contribution >= 4 is 5.57 Å². The van der Waals surface area contributed by atoms with Crippen LogP contribution in [0.25, 0.3) is 5.57 Å². The number of ether oxygens (including phenoxy) is 2. The molecule has 0 amide bonds. The van der Waals surface area contributed by atoms with E-state index in [1.165, 1.54) is 18.9 Å². The van der Waals surface area contributed by atoms with Crippen LogP contribution in [0.15, 0.2) is 48.5 Å². The molecular weight excluding hydrogens is 341 g/mol. The zero-order chi connectivity index (χ0) is 19.2. The number of halogens is 1. The van der Waals surface area contributed by atoms with E-state index in [1.807, 2.05) is 31.2 Å². The van der Waals surface area contributed by atoms with Crippen molar-refractivity contribution in [2.75, 3.05) is 27.5 Å². The molecule has 2 aromatic carbocycles. The van der Waals surface area contributed by atoms with Gasteiger partial charge in [0, 0.05) is 24.3 Å². The summed E-state index contributed by atoms with van der Waals surface area (Å²) >= 11 is 0. The molecule has 0 bridgehead atoms. The molecule has 144 valence electrons. The molecule has 27 heavy (non-hydrogen) atoms. The first-order valence-corrected chi connectivity index (χ1v) is 9.50. The Morgan fingerprint density at radius 3 is 2.74 bits per heavy atom. The van der Waals surface area contributed by atoms with E-state index in [2.05, 4.69) is 24.1 Å². The Balaban J connectivity index is 2.13. The lowest BCUT2D eigenvalue weighted by Crippen LogP contribution is -2.34. The highest BCUT2D eigenvalue weighted by molar-refractivity contribution is 5.83. The topological polar surface area (TPSA) is 21.7 Å². The Labute approximate surface area is 161 Å². The summed E-state index contributed by atoms with van der Waals surface area (Å²) in [6, 6.07) is 13.2. The minimum Gasteiger partial charge on any atom is -0.467 e. The standard InChI is InChI=1S/C23H28FNO2/c1-17-11-12-23(27-16-26-3)21(14-17)20(19-9-4-5-10-22(19)24)15-18-8-6-7-13-25(18)2/h4-5,9-12,14-15,18H,6-8,13,16H2,1-3H3/b20-15+. The lowest BCUT2D eigenvalue weighted by atomic mass is 9.91. The van der Waals surface area contributed by atoms with Gasteiger partial charge in [-0.25, -0.2) is 4.39 Å². The van der Waals surface area contributed by atoms with Gasteiger partial charge >= 0.3 is 0 Å². The Morgan fingerprint density at radius 2 is 2.00 bits per heavy atom. The summed E-state index contributed by atoms with van der Waals surface area (Å²) < 4.78 is 25.6. The van der Waals surface area contributed by atoms with Crippen LogP contribution < -0.4 is 4.74 Å². The van der Waals surface area contributed by atoms with Gasteiger partial charge in [0.25, 0.3) is 0 Å². The predicted octanol–water partition coefficient (Wildman–Crippen LogP) is 5.03. The number of nitrogens with zero attached hydrogens (tertiary/aromatic N) is 1. The van der Waals surface area contributed by atoms with Crippen molar-refractivity contribution in [1.82, 2.24) is 4.90 Å². The SMILES string of the molecule is COCOc1ccc(C)cc1/C(=C/C1CCCCN1C)c1ccccc1F. The number of methoxy groups -OCH3 is 1. The van der Waals surface area contributed by atoms with Crippen molar-refractivity contribution in [2.24, 2.45) is 0 Å². The second kappa shape index (κ2) is 9.16. The van der Waals surface area contributed by atoms with Crippen LogP contribution in [-0.4, -0.2) is 38.4 Å². The van der Waals surface area contributed by atoms with Crippen LogP contribution in [0.5, 0.6) is 5.75 Å². The lowest BCUT2D eigenvalue weighted by molar-refractivity contribution is 0.0509. The van der Waals surface area contributed by atoms with E-state index in [9.17, 15) is 4.39 Å². The van der Waals surface area contributed by atoms with Gasteiger partial charge in [-0.2, -0.15) is 0 Å². The van der Waals surface area contributed by atoms with Gasteiger partial charge in [-0.3, -0.25) is 4.90 Å². The molecule has 1 saturated heterocycles. The summed E-state index contributed by atoms with van der Waals surface area (Å²) in [4.78, 5) is 2.34. The fraction of sp³-hybridized carbons (Fsp3) is 0.391. The predicted molar refractivity (Wildman–Crippen MR) is 107 cm³/mol. The molecule has 1 aliphatic heterocycles. The Morgan fingerprint density at radius 1 is 1.19 bits per heavy atom. The zero-order valence-electron chi connectivity index (χ0n) is 16.4. The third-order valence-corrected chi connectivity index (χ3v) is 5.11. The highest BCUT2D eigenvalue weighted by Gasteiger charge is 2.21. The van der Waals surface area contributed by atoms with Crippen LogP contribution in [0, 0.1) is 12.7 Å². The molecule has 1 fully saturated rings. The Hall–Kier alpha value is -2.17. The van der Waals surface area contributed by atoms with Crippen molar-refractivity contribution in [2.45, 2.75) is 32.2 Å². The van der Waals surface area contributed by atoms with E-state index in [0.29, 0.717) is 11.3 Å². The first-order valence-electron chi connectivity index (χ1n) is 9.50. The molecular formula is C23H28FNO2. The Kier molecular flexibility index (Phi) is 6.64. The molecule has 0 N–H and O–H groups in total. The average Bonchev–Trinajstić information content (AvgIpc) is 2.67. The number of benzene rings is 2.